The van der Waals surface area contributed by atoms with E-state index < -0.39 is 0 Å². The van der Waals surface area contributed by atoms with Crippen LogP contribution in [0.4, 0.5) is 0 Å². The van der Waals surface area contributed by atoms with Crippen LogP contribution in [0.25, 0.3) is 0 Å². The Morgan fingerprint density at radius 1 is 1.40 bits per heavy atom. The van der Waals surface area contributed by atoms with E-state index in [1.165, 1.54) is 12.8 Å². The Morgan fingerprint density at radius 3 is 2.93 bits per heavy atom. The second-order valence-electron chi connectivity index (χ2n) is 4.64. The van der Waals surface area contributed by atoms with E-state index in [1.54, 1.807) is 0 Å². The molecule has 1 unspecified atom stereocenters. The molecule has 0 radical (unpaired) electrons. The molecule has 1 rings (SSSR count). The first-order chi connectivity index (χ1) is 7.29. The molecule has 0 spiro atoms. The largest absolute Gasteiger partial charge is 0.379 e. The first-order valence-electron chi connectivity index (χ1n) is 6.19. The number of ether oxygens (including phenoxy) is 2. The molecule has 1 aliphatic heterocycles. The lowest BCUT2D eigenvalue weighted by molar-refractivity contribution is 0.0445. The molecule has 1 saturated heterocycles. The van der Waals surface area contributed by atoms with E-state index in [1.807, 2.05) is 0 Å². The lowest BCUT2D eigenvalue weighted by Crippen LogP contribution is -2.24. The predicted molar refractivity (Wildman–Crippen MR) is 62.1 cm³/mol. The monoisotopic (exact) mass is 215 g/mol. The van der Waals surface area contributed by atoms with Crippen molar-refractivity contribution in [2.45, 2.75) is 39.2 Å². The van der Waals surface area contributed by atoms with Crippen LogP contribution in [0.15, 0.2) is 0 Å². The van der Waals surface area contributed by atoms with Gasteiger partial charge in [0, 0.05) is 13.2 Å². The maximum Gasteiger partial charge on any atom is 0.0831 e. The van der Waals surface area contributed by atoms with Gasteiger partial charge in [-0.25, -0.2) is 0 Å². The SMILES string of the molecule is CC(C)CCCNCCOC1CCOC1. The first-order valence-corrected chi connectivity index (χ1v) is 6.19. The Kier molecular flexibility index (Phi) is 6.98. The number of nitrogens with one attached hydrogen (secondary N) is 1. The summed E-state index contributed by atoms with van der Waals surface area (Å²) in [6, 6.07) is 0. The molecule has 90 valence electrons. The van der Waals surface area contributed by atoms with Gasteiger partial charge in [-0.15, -0.1) is 0 Å². The van der Waals surface area contributed by atoms with E-state index in [0.717, 1.165) is 45.2 Å². The molecule has 1 aliphatic rings. The topological polar surface area (TPSA) is 30.5 Å². The molecule has 0 aromatic carbocycles. The summed E-state index contributed by atoms with van der Waals surface area (Å²) in [6.45, 7) is 9.08. The molecule has 0 bridgehead atoms. The molecule has 0 amide bonds. The molecule has 1 heterocycles. The maximum atomic E-state index is 5.64. The van der Waals surface area contributed by atoms with Gasteiger partial charge in [-0.3, -0.25) is 0 Å². The Hall–Kier alpha value is -0.120. The Balaban J connectivity index is 1.76. The number of rotatable bonds is 8. The van der Waals surface area contributed by atoms with Crippen molar-refractivity contribution in [1.82, 2.24) is 5.32 Å². The van der Waals surface area contributed by atoms with Crippen molar-refractivity contribution in [1.29, 1.82) is 0 Å². The lowest BCUT2D eigenvalue weighted by atomic mass is 10.1. The van der Waals surface area contributed by atoms with Crippen molar-refractivity contribution < 1.29 is 9.47 Å². The van der Waals surface area contributed by atoms with Crippen LogP contribution in [-0.2, 0) is 9.47 Å². The van der Waals surface area contributed by atoms with Gasteiger partial charge in [-0.05, 0) is 31.7 Å². The van der Waals surface area contributed by atoms with E-state index in [4.69, 9.17) is 9.47 Å². The molecule has 1 atom stereocenters. The molecule has 3 nitrogen and oxygen atoms in total. The van der Waals surface area contributed by atoms with Crippen molar-refractivity contribution >= 4 is 0 Å². The number of hydrogen-bond donors (Lipinski definition) is 1. The fourth-order valence-corrected chi connectivity index (χ4v) is 1.70. The highest BCUT2D eigenvalue weighted by atomic mass is 16.5. The molecular formula is C12H25NO2. The molecule has 1 fully saturated rings. The van der Waals surface area contributed by atoms with Crippen LogP contribution in [0.5, 0.6) is 0 Å². The van der Waals surface area contributed by atoms with Gasteiger partial charge in [0.05, 0.1) is 19.3 Å². The third-order valence-corrected chi connectivity index (χ3v) is 2.66. The summed E-state index contributed by atoms with van der Waals surface area (Å²) >= 11 is 0. The van der Waals surface area contributed by atoms with Crippen molar-refractivity contribution in [3.8, 4) is 0 Å². The van der Waals surface area contributed by atoms with Gasteiger partial charge in [-0.1, -0.05) is 13.8 Å². The summed E-state index contributed by atoms with van der Waals surface area (Å²) in [5.41, 5.74) is 0. The minimum absolute atomic E-state index is 0.350. The molecule has 3 heteroatoms. The van der Waals surface area contributed by atoms with Crippen LogP contribution in [0.1, 0.15) is 33.1 Å². The van der Waals surface area contributed by atoms with Gasteiger partial charge in [0.1, 0.15) is 0 Å². The normalized spacial score (nSPS) is 21.4. The quantitative estimate of drug-likeness (QED) is 0.626. The lowest BCUT2D eigenvalue weighted by Gasteiger charge is -2.10. The van der Waals surface area contributed by atoms with Gasteiger partial charge >= 0.3 is 0 Å². The zero-order valence-electron chi connectivity index (χ0n) is 10.1. The zero-order chi connectivity index (χ0) is 10.9. The van der Waals surface area contributed by atoms with Crippen LogP contribution in [0.3, 0.4) is 0 Å². The molecule has 0 saturated carbocycles. The molecule has 1 N–H and O–H groups in total. The average Bonchev–Trinajstić information content (AvgIpc) is 2.68. The van der Waals surface area contributed by atoms with E-state index >= 15 is 0 Å². The van der Waals surface area contributed by atoms with Crippen molar-refractivity contribution in [3.63, 3.8) is 0 Å². The minimum Gasteiger partial charge on any atom is -0.379 e. The van der Waals surface area contributed by atoms with E-state index in [9.17, 15) is 0 Å². The minimum atomic E-state index is 0.350. The third kappa shape index (κ3) is 6.88. The highest BCUT2D eigenvalue weighted by molar-refractivity contribution is 4.63. The van der Waals surface area contributed by atoms with Crippen LogP contribution < -0.4 is 5.32 Å². The highest BCUT2D eigenvalue weighted by Crippen LogP contribution is 2.07. The Morgan fingerprint density at radius 2 is 2.27 bits per heavy atom. The van der Waals surface area contributed by atoms with Crippen molar-refractivity contribution in [2.24, 2.45) is 5.92 Å². The standard InChI is InChI=1S/C12H25NO2/c1-11(2)4-3-6-13-7-9-15-12-5-8-14-10-12/h11-13H,3-10H2,1-2H3. The second-order valence-corrected chi connectivity index (χ2v) is 4.64. The van der Waals surface area contributed by atoms with Gasteiger partial charge in [-0.2, -0.15) is 0 Å². The fourth-order valence-electron chi connectivity index (χ4n) is 1.70. The summed E-state index contributed by atoms with van der Waals surface area (Å²) in [4.78, 5) is 0. The van der Waals surface area contributed by atoms with E-state index in [-0.39, 0.29) is 0 Å². The van der Waals surface area contributed by atoms with Gasteiger partial charge in [0.15, 0.2) is 0 Å². The second kappa shape index (κ2) is 8.08. The van der Waals surface area contributed by atoms with Crippen LogP contribution in [-0.4, -0.2) is 39.0 Å². The molecule has 15 heavy (non-hydrogen) atoms. The van der Waals surface area contributed by atoms with Gasteiger partial charge in [0.2, 0.25) is 0 Å². The summed E-state index contributed by atoms with van der Waals surface area (Å²) in [7, 11) is 0. The maximum absolute atomic E-state index is 5.64. The molecule has 0 aliphatic carbocycles. The van der Waals surface area contributed by atoms with Crippen molar-refractivity contribution in [3.05, 3.63) is 0 Å². The number of hydrogen-bond acceptors (Lipinski definition) is 3. The fraction of sp³-hybridized carbons (Fsp3) is 1.00. The highest BCUT2D eigenvalue weighted by Gasteiger charge is 2.14. The average molecular weight is 215 g/mol. The summed E-state index contributed by atoms with van der Waals surface area (Å²) in [6.07, 6.45) is 3.99. The smallest absolute Gasteiger partial charge is 0.0831 e. The van der Waals surface area contributed by atoms with Gasteiger partial charge in [0.25, 0.3) is 0 Å². The third-order valence-electron chi connectivity index (χ3n) is 2.66. The Bertz CT molecular complexity index is 145. The molecular weight excluding hydrogens is 190 g/mol. The molecule has 0 aromatic rings. The van der Waals surface area contributed by atoms with Crippen LogP contribution >= 0.6 is 0 Å². The van der Waals surface area contributed by atoms with Crippen LogP contribution in [0.2, 0.25) is 0 Å². The van der Waals surface area contributed by atoms with Crippen LogP contribution in [0, 0.1) is 5.92 Å². The summed E-state index contributed by atoms with van der Waals surface area (Å²) in [5.74, 6) is 0.818. The first kappa shape index (κ1) is 12.9. The van der Waals surface area contributed by atoms with E-state index in [2.05, 4.69) is 19.2 Å². The Labute approximate surface area is 93.5 Å². The van der Waals surface area contributed by atoms with Gasteiger partial charge < -0.3 is 14.8 Å². The van der Waals surface area contributed by atoms with Crippen molar-refractivity contribution in [2.75, 3.05) is 32.9 Å². The summed E-state index contributed by atoms with van der Waals surface area (Å²) < 4.78 is 10.9. The van der Waals surface area contributed by atoms with E-state index in [0.29, 0.717) is 6.10 Å². The molecule has 0 aromatic heterocycles. The predicted octanol–water partition coefficient (Wildman–Crippen LogP) is 1.82. The summed E-state index contributed by atoms with van der Waals surface area (Å²) in [5, 5.41) is 3.40. The zero-order valence-corrected chi connectivity index (χ0v) is 10.1.